The lowest BCUT2D eigenvalue weighted by atomic mass is 9.90. The van der Waals surface area contributed by atoms with E-state index in [0.717, 1.165) is 6.42 Å². The van der Waals surface area contributed by atoms with E-state index >= 15 is 0 Å². The van der Waals surface area contributed by atoms with Crippen LogP contribution in [0.15, 0.2) is 34.4 Å². The average Bonchev–Trinajstić information content (AvgIpc) is 1.96. The minimum absolute atomic E-state index is 1.14. The first-order valence-corrected chi connectivity index (χ1v) is 4.15. The molecule has 0 saturated heterocycles. The van der Waals surface area contributed by atoms with Crippen LogP contribution < -0.4 is 0 Å². The van der Waals surface area contributed by atoms with Crippen molar-refractivity contribution >= 4 is 0 Å². The number of allylic oxidation sites excluding steroid dienone is 6. The van der Waals surface area contributed by atoms with Crippen molar-refractivity contribution < 1.29 is 0 Å². The summed E-state index contributed by atoms with van der Waals surface area (Å²) in [6.07, 6.45) is 5.64. The van der Waals surface area contributed by atoms with Gasteiger partial charge >= 0.3 is 0 Å². The summed E-state index contributed by atoms with van der Waals surface area (Å²) in [5, 5.41) is 0. The molecule has 1 aliphatic rings. The summed E-state index contributed by atoms with van der Waals surface area (Å²) in [4.78, 5) is 0. The molecule has 0 spiro atoms. The highest BCUT2D eigenvalue weighted by molar-refractivity contribution is 5.45. The van der Waals surface area contributed by atoms with Crippen LogP contribution in [0, 0.1) is 0 Å². The van der Waals surface area contributed by atoms with Crippen molar-refractivity contribution in [3.8, 4) is 0 Å². The third-order valence-electron chi connectivity index (χ3n) is 2.35. The summed E-state index contributed by atoms with van der Waals surface area (Å²) >= 11 is 0. The van der Waals surface area contributed by atoms with Gasteiger partial charge in [-0.15, -0.1) is 0 Å². The van der Waals surface area contributed by atoms with Crippen molar-refractivity contribution in [2.75, 3.05) is 0 Å². The second-order valence-corrected chi connectivity index (χ2v) is 3.29. The monoisotopic (exact) mass is 148 g/mol. The molecule has 0 amide bonds. The Bertz CT molecular complexity index is 249. The molecule has 0 nitrogen and oxygen atoms in total. The van der Waals surface area contributed by atoms with Gasteiger partial charge in [-0.3, -0.25) is 0 Å². The van der Waals surface area contributed by atoms with E-state index < -0.39 is 0 Å². The van der Waals surface area contributed by atoms with Gasteiger partial charge in [-0.2, -0.15) is 0 Å². The Morgan fingerprint density at radius 2 is 1.91 bits per heavy atom. The zero-order valence-electron chi connectivity index (χ0n) is 7.86. The fourth-order valence-corrected chi connectivity index (χ4v) is 1.53. The molecule has 0 N–H and O–H groups in total. The Morgan fingerprint density at radius 3 is 2.45 bits per heavy atom. The molecule has 0 heteroatoms. The van der Waals surface area contributed by atoms with E-state index in [-0.39, 0.29) is 0 Å². The first-order chi connectivity index (χ1) is 5.15. The highest BCUT2D eigenvalue weighted by Gasteiger charge is 2.07. The summed E-state index contributed by atoms with van der Waals surface area (Å²) in [5.74, 6) is 0. The zero-order valence-corrected chi connectivity index (χ0v) is 7.86. The van der Waals surface area contributed by atoms with Gasteiger partial charge in [-0.05, 0) is 50.8 Å². The standard InChI is InChI=1S/C11H16/c1-5-11-7-8(2)6-9(3)10(11)4/h5-6H,7H2,1-4H3/b11-5+. The first-order valence-electron chi connectivity index (χ1n) is 4.15. The number of hydrogen-bond acceptors (Lipinski definition) is 0. The van der Waals surface area contributed by atoms with Gasteiger partial charge in [0.05, 0.1) is 0 Å². The molecule has 1 rings (SSSR count). The Labute approximate surface area is 69.3 Å². The first kappa shape index (κ1) is 8.32. The van der Waals surface area contributed by atoms with Gasteiger partial charge in [0.2, 0.25) is 0 Å². The molecule has 0 aromatic heterocycles. The summed E-state index contributed by atoms with van der Waals surface area (Å²) in [6.45, 7) is 8.69. The lowest BCUT2D eigenvalue weighted by molar-refractivity contribution is 1.05. The van der Waals surface area contributed by atoms with Gasteiger partial charge in [0.25, 0.3) is 0 Å². The quantitative estimate of drug-likeness (QED) is 0.492. The van der Waals surface area contributed by atoms with E-state index in [0.29, 0.717) is 0 Å². The average molecular weight is 148 g/mol. The molecule has 1 aliphatic carbocycles. The van der Waals surface area contributed by atoms with Gasteiger partial charge in [0.15, 0.2) is 0 Å². The topological polar surface area (TPSA) is 0 Å². The molecule has 0 aromatic rings. The smallest absolute Gasteiger partial charge is 0.00672 e. The normalized spacial score (nSPS) is 22.5. The minimum atomic E-state index is 1.14. The van der Waals surface area contributed by atoms with Crippen LogP contribution in [0.4, 0.5) is 0 Å². The van der Waals surface area contributed by atoms with Crippen LogP contribution in [-0.4, -0.2) is 0 Å². The number of hydrogen-bond donors (Lipinski definition) is 0. The molecule has 0 fully saturated rings. The van der Waals surface area contributed by atoms with E-state index in [4.69, 9.17) is 0 Å². The molecule has 0 heterocycles. The highest BCUT2D eigenvalue weighted by atomic mass is 14.1. The second kappa shape index (κ2) is 3.08. The van der Waals surface area contributed by atoms with E-state index in [9.17, 15) is 0 Å². The van der Waals surface area contributed by atoms with Crippen molar-refractivity contribution in [1.29, 1.82) is 0 Å². The lowest BCUT2D eigenvalue weighted by Crippen LogP contribution is -1.96. The number of rotatable bonds is 0. The predicted molar refractivity (Wildman–Crippen MR) is 50.5 cm³/mol. The molecule has 60 valence electrons. The second-order valence-electron chi connectivity index (χ2n) is 3.29. The van der Waals surface area contributed by atoms with Crippen molar-refractivity contribution in [3.05, 3.63) is 34.4 Å². The summed E-state index contributed by atoms with van der Waals surface area (Å²) in [7, 11) is 0. The maximum atomic E-state index is 2.28. The lowest BCUT2D eigenvalue weighted by Gasteiger charge is -2.16. The molecule has 0 atom stereocenters. The Hall–Kier alpha value is -0.780. The fourth-order valence-electron chi connectivity index (χ4n) is 1.53. The molecule has 0 saturated carbocycles. The fraction of sp³-hybridized carbons (Fsp3) is 0.455. The third kappa shape index (κ3) is 1.62. The molecular weight excluding hydrogens is 132 g/mol. The van der Waals surface area contributed by atoms with Gasteiger partial charge in [0.1, 0.15) is 0 Å². The Balaban J connectivity index is 3.06. The van der Waals surface area contributed by atoms with Crippen LogP contribution in [0.5, 0.6) is 0 Å². The summed E-state index contributed by atoms with van der Waals surface area (Å²) in [6, 6.07) is 0. The van der Waals surface area contributed by atoms with Gasteiger partial charge < -0.3 is 0 Å². The van der Waals surface area contributed by atoms with E-state index in [1.54, 1.807) is 0 Å². The van der Waals surface area contributed by atoms with Crippen LogP contribution in [0.3, 0.4) is 0 Å². The minimum Gasteiger partial charge on any atom is -0.0838 e. The summed E-state index contributed by atoms with van der Waals surface area (Å²) < 4.78 is 0. The van der Waals surface area contributed by atoms with Crippen LogP contribution in [0.2, 0.25) is 0 Å². The largest absolute Gasteiger partial charge is 0.0838 e. The molecule has 11 heavy (non-hydrogen) atoms. The van der Waals surface area contributed by atoms with E-state index in [1.807, 2.05) is 0 Å². The van der Waals surface area contributed by atoms with Gasteiger partial charge in [0, 0.05) is 0 Å². The molecule has 0 aromatic carbocycles. The zero-order chi connectivity index (χ0) is 8.43. The maximum absolute atomic E-state index is 2.28. The molecule has 0 bridgehead atoms. The van der Waals surface area contributed by atoms with Crippen molar-refractivity contribution in [3.63, 3.8) is 0 Å². The molecule has 0 aliphatic heterocycles. The maximum Gasteiger partial charge on any atom is -0.00672 e. The molecule has 0 unspecified atom stereocenters. The van der Waals surface area contributed by atoms with Crippen molar-refractivity contribution in [1.82, 2.24) is 0 Å². The highest BCUT2D eigenvalue weighted by Crippen LogP contribution is 2.27. The van der Waals surface area contributed by atoms with Crippen LogP contribution in [0.25, 0.3) is 0 Å². The van der Waals surface area contributed by atoms with Crippen LogP contribution >= 0.6 is 0 Å². The predicted octanol–water partition coefficient (Wildman–Crippen LogP) is 3.62. The van der Waals surface area contributed by atoms with Crippen molar-refractivity contribution in [2.24, 2.45) is 0 Å². The Morgan fingerprint density at radius 1 is 1.27 bits per heavy atom. The van der Waals surface area contributed by atoms with Gasteiger partial charge in [-0.25, -0.2) is 0 Å². The van der Waals surface area contributed by atoms with E-state index in [1.165, 1.54) is 22.3 Å². The third-order valence-corrected chi connectivity index (χ3v) is 2.35. The summed E-state index contributed by atoms with van der Waals surface area (Å²) in [5.41, 5.74) is 5.84. The molecular formula is C11H16. The van der Waals surface area contributed by atoms with Gasteiger partial charge in [-0.1, -0.05) is 17.7 Å². The van der Waals surface area contributed by atoms with E-state index in [2.05, 4.69) is 39.8 Å². The molecule has 0 radical (unpaired) electrons. The SMILES string of the molecule is C/C=C1\CC(C)=CC(C)=C1C. The Kier molecular flexibility index (Phi) is 2.33. The van der Waals surface area contributed by atoms with Crippen LogP contribution in [0.1, 0.15) is 34.1 Å². The van der Waals surface area contributed by atoms with Crippen molar-refractivity contribution in [2.45, 2.75) is 34.1 Å². The van der Waals surface area contributed by atoms with Crippen LogP contribution in [-0.2, 0) is 0 Å².